The fourth-order valence-corrected chi connectivity index (χ4v) is 1.61. The standard InChI is InChI=1S/C10H19N3O/c1-3-10(2,14)8-13-5-4-12-7-9(13)6-11/h9,12,14H,3-5,7-8H2,1-2H3. The Bertz CT molecular complexity index is 222. The third kappa shape index (κ3) is 2.95. The first-order chi connectivity index (χ1) is 6.59. The number of β-amino-alcohol motifs (C(OH)–C–C–N with tert-alkyl or cyclic N) is 1. The van der Waals surface area contributed by atoms with Gasteiger partial charge in [-0.2, -0.15) is 5.26 Å². The van der Waals surface area contributed by atoms with Crippen LogP contribution in [0.5, 0.6) is 0 Å². The van der Waals surface area contributed by atoms with Crippen LogP contribution in [0, 0.1) is 11.3 Å². The van der Waals surface area contributed by atoms with Crippen LogP contribution in [0.4, 0.5) is 0 Å². The third-order valence-electron chi connectivity index (χ3n) is 2.81. The van der Waals surface area contributed by atoms with Crippen LogP contribution in [0.3, 0.4) is 0 Å². The molecule has 0 saturated carbocycles. The summed E-state index contributed by atoms with van der Waals surface area (Å²) in [5.74, 6) is 0. The summed E-state index contributed by atoms with van der Waals surface area (Å²) in [6.07, 6.45) is 0.717. The molecule has 0 aromatic carbocycles. The Hall–Kier alpha value is -0.630. The van der Waals surface area contributed by atoms with E-state index in [1.165, 1.54) is 0 Å². The van der Waals surface area contributed by atoms with Crippen LogP contribution in [0.2, 0.25) is 0 Å². The molecule has 1 rings (SSSR count). The maximum atomic E-state index is 9.92. The second-order valence-corrected chi connectivity index (χ2v) is 4.17. The largest absolute Gasteiger partial charge is 0.389 e. The molecule has 1 aliphatic rings. The lowest BCUT2D eigenvalue weighted by Crippen LogP contribution is -2.54. The fraction of sp³-hybridized carbons (Fsp3) is 0.900. The first-order valence-corrected chi connectivity index (χ1v) is 5.16. The van der Waals surface area contributed by atoms with E-state index in [1.807, 2.05) is 13.8 Å². The van der Waals surface area contributed by atoms with E-state index in [2.05, 4.69) is 16.3 Å². The molecule has 0 spiro atoms. The van der Waals surface area contributed by atoms with Gasteiger partial charge in [-0.25, -0.2) is 0 Å². The van der Waals surface area contributed by atoms with Gasteiger partial charge in [0.25, 0.3) is 0 Å². The quantitative estimate of drug-likeness (QED) is 0.665. The van der Waals surface area contributed by atoms with Gasteiger partial charge in [-0.15, -0.1) is 0 Å². The molecule has 1 aliphatic heterocycles. The number of rotatable bonds is 3. The van der Waals surface area contributed by atoms with Gasteiger partial charge in [0.1, 0.15) is 6.04 Å². The summed E-state index contributed by atoms with van der Waals surface area (Å²) in [4.78, 5) is 2.06. The number of aliphatic hydroxyl groups is 1. The Morgan fingerprint density at radius 3 is 3.00 bits per heavy atom. The van der Waals surface area contributed by atoms with Gasteiger partial charge in [-0.05, 0) is 13.3 Å². The molecule has 0 aromatic rings. The average Bonchev–Trinajstić information content (AvgIpc) is 2.18. The average molecular weight is 197 g/mol. The minimum atomic E-state index is -0.674. The molecule has 0 radical (unpaired) electrons. The molecular formula is C10H19N3O. The molecule has 0 bridgehead atoms. The summed E-state index contributed by atoms with van der Waals surface area (Å²) in [6.45, 7) is 6.82. The van der Waals surface area contributed by atoms with Crippen LogP contribution < -0.4 is 5.32 Å². The summed E-state index contributed by atoms with van der Waals surface area (Å²) >= 11 is 0. The van der Waals surface area contributed by atoms with Gasteiger partial charge >= 0.3 is 0 Å². The smallest absolute Gasteiger partial charge is 0.110 e. The Balaban J connectivity index is 2.53. The molecule has 4 heteroatoms. The SMILES string of the molecule is CCC(C)(O)CN1CCNCC1C#N. The van der Waals surface area contributed by atoms with Gasteiger partial charge in [0.05, 0.1) is 11.7 Å². The lowest BCUT2D eigenvalue weighted by Gasteiger charge is -2.36. The molecule has 2 atom stereocenters. The summed E-state index contributed by atoms with van der Waals surface area (Å²) < 4.78 is 0. The molecule has 14 heavy (non-hydrogen) atoms. The van der Waals surface area contributed by atoms with E-state index in [4.69, 9.17) is 5.26 Å². The van der Waals surface area contributed by atoms with Gasteiger partial charge < -0.3 is 10.4 Å². The summed E-state index contributed by atoms with van der Waals surface area (Å²) in [7, 11) is 0. The number of nitriles is 1. The molecule has 4 nitrogen and oxygen atoms in total. The van der Waals surface area contributed by atoms with Crippen molar-refractivity contribution in [2.75, 3.05) is 26.2 Å². The molecule has 0 aliphatic carbocycles. The molecule has 1 heterocycles. The molecule has 0 amide bonds. The summed E-state index contributed by atoms with van der Waals surface area (Å²) in [5, 5.41) is 22.0. The highest BCUT2D eigenvalue weighted by Crippen LogP contribution is 2.13. The number of nitrogens with one attached hydrogen (secondary N) is 1. The first kappa shape index (κ1) is 11.4. The van der Waals surface area contributed by atoms with Crippen molar-refractivity contribution in [1.29, 1.82) is 5.26 Å². The number of hydrogen-bond donors (Lipinski definition) is 2. The van der Waals surface area contributed by atoms with Crippen molar-refractivity contribution < 1.29 is 5.11 Å². The van der Waals surface area contributed by atoms with Gasteiger partial charge in [0.2, 0.25) is 0 Å². The zero-order valence-electron chi connectivity index (χ0n) is 8.95. The lowest BCUT2D eigenvalue weighted by molar-refractivity contribution is 0.00497. The zero-order valence-corrected chi connectivity index (χ0v) is 8.95. The van der Waals surface area contributed by atoms with Crippen molar-refractivity contribution in [2.45, 2.75) is 31.9 Å². The Kier molecular flexibility index (Phi) is 3.87. The van der Waals surface area contributed by atoms with Crippen LogP contribution in [-0.2, 0) is 0 Å². The minimum Gasteiger partial charge on any atom is -0.389 e. The van der Waals surface area contributed by atoms with Crippen molar-refractivity contribution >= 4 is 0 Å². The van der Waals surface area contributed by atoms with E-state index >= 15 is 0 Å². The molecule has 2 N–H and O–H groups in total. The summed E-state index contributed by atoms with van der Waals surface area (Å²) in [5.41, 5.74) is -0.674. The van der Waals surface area contributed by atoms with Crippen molar-refractivity contribution in [3.63, 3.8) is 0 Å². The van der Waals surface area contributed by atoms with Crippen LogP contribution in [0.25, 0.3) is 0 Å². The second-order valence-electron chi connectivity index (χ2n) is 4.17. The highest BCUT2D eigenvalue weighted by molar-refractivity contribution is 4.97. The van der Waals surface area contributed by atoms with E-state index in [1.54, 1.807) is 0 Å². The molecule has 80 valence electrons. The van der Waals surface area contributed by atoms with Crippen LogP contribution in [0.15, 0.2) is 0 Å². The van der Waals surface area contributed by atoms with Crippen LogP contribution >= 0.6 is 0 Å². The predicted octanol–water partition coefficient (Wildman–Crippen LogP) is -0.0552. The summed E-state index contributed by atoms with van der Waals surface area (Å²) in [6, 6.07) is 2.16. The van der Waals surface area contributed by atoms with E-state index in [0.717, 1.165) is 19.5 Å². The lowest BCUT2D eigenvalue weighted by atomic mass is 10.0. The second kappa shape index (κ2) is 4.74. The highest BCUT2D eigenvalue weighted by atomic mass is 16.3. The number of piperazine rings is 1. The van der Waals surface area contributed by atoms with Crippen LogP contribution in [-0.4, -0.2) is 47.8 Å². The van der Waals surface area contributed by atoms with Gasteiger partial charge in [-0.1, -0.05) is 6.92 Å². The normalized spacial score (nSPS) is 28.0. The van der Waals surface area contributed by atoms with E-state index in [9.17, 15) is 5.11 Å². The Morgan fingerprint density at radius 1 is 1.71 bits per heavy atom. The molecule has 0 aromatic heterocycles. The monoisotopic (exact) mass is 197 g/mol. The molecule has 2 unspecified atom stereocenters. The number of hydrogen-bond acceptors (Lipinski definition) is 4. The molecule has 1 fully saturated rings. The van der Waals surface area contributed by atoms with E-state index in [-0.39, 0.29) is 6.04 Å². The zero-order chi connectivity index (χ0) is 10.6. The Labute approximate surface area is 85.5 Å². The van der Waals surface area contributed by atoms with Crippen molar-refractivity contribution in [3.8, 4) is 6.07 Å². The van der Waals surface area contributed by atoms with Crippen molar-refractivity contribution in [1.82, 2.24) is 10.2 Å². The van der Waals surface area contributed by atoms with Gasteiger partial charge in [0, 0.05) is 26.2 Å². The van der Waals surface area contributed by atoms with E-state index < -0.39 is 5.60 Å². The fourth-order valence-electron chi connectivity index (χ4n) is 1.61. The predicted molar refractivity (Wildman–Crippen MR) is 54.8 cm³/mol. The maximum absolute atomic E-state index is 9.92. The van der Waals surface area contributed by atoms with Gasteiger partial charge in [-0.3, -0.25) is 4.90 Å². The van der Waals surface area contributed by atoms with Crippen LogP contribution in [0.1, 0.15) is 20.3 Å². The maximum Gasteiger partial charge on any atom is 0.110 e. The van der Waals surface area contributed by atoms with Crippen molar-refractivity contribution in [3.05, 3.63) is 0 Å². The molecular weight excluding hydrogens is 178 g/mol. The minimum absolute atomic E-state index is 0.0956. The van der Waals surface area contributed by atoms with E-state index in [0.29, 0.717) is 13.1 Å². The molecule has 1 saturated heterocycles. The highest BCUT2D eigenvalue weighted by Gasteiger charge is 2.28. The van der Waals surface area contributed by atoms with Crippen molar-refractivity contribution in [2.24, 2.45) is 0 Å². The number of nitrogens with zero attached hydrogens (tertiary/aromatic N) is 2. The Morgan fingerprint density at radius 2 is 2.43 bits per heavy atom. The van der Waals surface area contributed by atoms with Gasteiger partial charge in [0.15, 0.2) is 0 Å². The topological polar surface area (TPSA) is 59.3 Å². The third-order valence-corrected chi connectivity index (χ3v) is 2.81. The first-order valence-electron chi connectivity index (χ1n) is 5.16.